The summed E-state index contributed by atoms with van der Waals surface area (Å²) in [5, 5.41) is 0. The van der Waals surface area contributed by atoms with Crippen LogP contribution >= 0.6 is 0 Å². The highest BCUT2D eigenvalue weighted by atomic mass is 16.6. The SMILES string of the molecule is CCCCCCCCC/C=C\CCCCCCCC(=O)OCC(COC(=O)CCCCCCCCCCCCCCC/C=C\CCCCCCCCCC)OC(=O)CCCCCCCCCCCCCCCCCCCCCC. The summed E-state index contributed by atoms with van der Waals surface area (Å²) >= 11 is 0. The molecule has 1 unspecified atom stereocenters. The summed E-state index contributed by atoms with van der Waals surface area (Å²) < 4.78 is 17.0. The van der Waals surface area contributed by atoms with E-state index in [2.05, 4.69) is 45.1 Å². The molecule has 0 spiro atoms. The van der Waals surface area contributed by atoms with Gasteiger partial charge in [0.25, 0.3) is 0 Å². The predicted molar refractivity (Wildman–Crippen MR) is 344 cm³/mol. The first kappa shape index (κ1) is 76.9. The third-order valence-electron chi connectivity index (χ3n) is 16.4. The quantitative estimate of drug-likeness (QED) is 0.0261. The summed E-state index contributed by atoms with van der Waals surface area (Å²) in [5.41, 5.74) is 0. The average Bonchev–Trinajstić information content (AvgIpc) is 3.45. The highest BCUT2D eigenvalue weighted by Gasteiger charge is 2.19. The van der Waals surface area contributed by atoms with Gasteiger partial charge in [-0.05, 0) is 70.6 Å². The third-order valence-corrected chi connectivity index (χ3v) is 16.4. The molecule has 0 aromatic heterocycles. The Morgan fingerprint density at radius 1 is 0.241 bits per heavy atom. The number of rotatable bonds is 67. The van der Waals surface area contributed by atoms with Gasteiger partial charge < -0.3 is 14.2 Å². The summed E-state index contributed by atoms with van der Waals surface area (Å²) in [6, 6.07) is 0. The van der Waals surface area contributed by atoms with Crippen LogP contribution in [0.25, 0.3) is 0 Å². The molecule has 0 aliphatic rings. The second-order valence-electron chi connectivity index (χ2n) is 24.5. The molecule has 79 heavy (non-hydrogen) atoms. The molecule has 466 valence electrons. The molecular formula is C73H138O6. The maximum Gasteiger partial charge on any atom is 0.306 e. The van der Waals surface area contributed by atoms with Crippen molar-refractivity contribution in [3.63, 3.8) is 0 Å². The van der Waals surface area contributed by atoms with Crippen LogP contribution in [0.4, 0.5) is 0 Å². The van der Waals surface area contributed by atoms with Crippen LogP contribution in [0.3, 0.4) is 0 Å². The molecule has 0 bridgehead atoms. The highest BCUT2D eigenvalue weighted by molar-refractivity contribution is 5.71. The minimum absolute atomic E-state index is 0.0681. The summed E-state index contributed by atoms with van der Waals surface area (Å²) in [5.74, 6) is -0.843. The topological polar surface area (TPSA) is 78.9 Å². The van der Waals surface area contributed by atoms with Crippen molar-refractivity contribution < 1.29 is 28.6 Å². The Morgan fingerprint density at radius 3 is 0.633 bits per heavy atom. The number of carbonyl (C=O) groups excluding carboxylic acids is 3. The molecule has 0 fully saturated rings. The fraction of sp³-hybridized carbons (Fsp3) is 0.904. The van der Waals surface area contributed by atoms with E-state index in [9.17, 15) is 14.4 Å². The summed E-state index contributed by atoms with van der Waals surface area (Å²) in [6.07, 6.45) is 83.5. The van der Waals surface area contributed by atoms with Crippen molar-refractivity contribution >= 4 is 17.9 Å². The van der Waals surface area contributed by atoms with E-state index in [4.69, 9.17) is 14.2 Å². The number of hydrogen-bond donors (Lipinski definition) is 0. The van der Waals surface area contributed by atoms with E-state index in [0.29, 0.717) is 19.3 Å². The molecule has 0 saturated carbocycles. The second kappa shape index (κ2) is 68.4. The van der Waals surface area contributed by atoms with Gasteiger partial charge in [-0.1, -0.05) is 340 Å². The van der Waals surface area contributed by atoms with Crippen LogP contribution in [0.1, 0.15) is 406 Å². The lowest BCUT2D eigenvalue weighted by Crippen LogP contribution is -2.30. The maximum absolute atomic E-state index is 13.0. The molecular weight excluding hydrogens is 973 g/mol. The zero-order valence-electron chi connectivity index (χ0n) is 53.7. The minimum atomic E-state index is -0.772. The minimum Gasteiger partial charge on any atom is -0.462 e. The van der Waals surface area contributed by atoms with E-state index < -0.39 is 6.10 Å². The van der Waals surface area contributed by atoms with Crippen molar-refractivity contribution in [1.29, 1.82) is 0 Å². The number of ether oxygens (including phenoxy) is 3. The predicted octanol–water partition coefficient (Wildman–Crippen LogP) is 24.6. The van der Waals surface area contributed by atoms with E-state index in [1.807, 2.05) is 0 Å². The van der Waals surface area contributed by atoms with Crippen LogP contribution < -0.4 is 0 Å². The van der Waals surface area contributed by atoms with Crippen LogP contribution in [0.2, 0.25) is 0 Å². The zero-order valence-corrected chi connectivity index (χ0v) is 53.7. The van der Waals surface area contributed by atoms with Gasteiger partial charge >= 0.3 is 17.9 Å². The maximum atomic E-state index is 13.0. The number of carbonyl (C=O) groups is 3. The van der Waals surface area contributed by atoms with Crippen molar-refractivity contribution in [3.05, 3.63) is 24.3 Å². The third kappa shape index (κ3) is 66.6. The van der Waals surface area contributed by atoms with Gasteiger partial charge in [-0.3, -0.25) is 14.4 Å². The van der Waals surface area contributed by atoms with Gasteiger partial charge in [-0.2, -0.15) is 0 Å². The van der Waals surface area contributed by atoms with Crippen molar-refractivity contribution in [2.24, 2.45) is 0 Å². The van der Waals surface area contributed by atoms with Gasteiger partial charge in [0, 0.05) is 19.3 Å². The van der Waals surface area contributed by atoms with Crippen LogP contribution in [0.5, 0.6) is 0 Å². The Morgan fingerprint density at radius 2 is 0.418 bits per heavy atom. The Kier molecular flexibility index (Phi) is 66.6. The van der Waals surface area contributed by atoms with E-state index in [-0.39, 0.29) is 31.1 Å². The molecule has 0 aliphatic carbocycles. The molecule has 0 aromatic carbocycles. The Balaban J connectivity index is 4.27. The molecule has 0 aromatic rings. The Bertz CT molecular complexity index is 1270. The molecule has 6 nitrogen and oxygen atoms in total. The van der Waals surface area contributed by atoms with E-state index in [1.165, 1.54) is 302 Å². The molecule has 0 amide bonds. The van der Waals surface area contributed by atoms with Gasteiger partial charge in [0.2, 0.25) is 0 Å². The zero-order chi connectivity index (χ0) is 57.1. The lowest BCUT2D eigenvalue weighted by atomic mass is 10.0. The molecule has 0 saturated heterocycles. The molecule has 0 rings (SSSR count). The highest BCUT2D eigenvalue weighted by Crippen LogP contribution is 2.19. The number of hydrogen-bond acceptors (Lipinski definition) is 6. The van der Waals surface area contributed by atoms with Gasteiger partial charge in [0.1, 0.15) is 13.2 Å². The van der Waals surface area contributed by atoms with Gasteiger partial charge in [0.15, 0.2) is 6.10 Å². The Hall–Kier alpha value is -2.11. The normalized spacial score (nSPS) is 12.1. The van der Waals surface area contributed by atoms with Crippen molar-refractivity contribution in [1.82, 2.24) is 0 Å². The first-order valence-corrected chi connectivity index (χ1v) is 35.8. The van der Waals surface area contributed by atoms with Crippen molar-refractivity contribution in [2.75, 3.05) is 13.2 Å². The van der Waals surface area contributed by atoms with Crippen LogP contribution in [-0.2, 0) is 28.6 Å². The fourth-order valence-corrected chi connectivity index (χ4v) is 11.0. The summed E-state index contributed by atoms with van der Waals surface area (Å²) in [4.78, 5) is 38.5. The van der Waals surface area contributed by atoms with Crippen LogP contribution in [0, 0.1) is 0 Å². The second-order valence-corrected chi connectivity index (χ2v) is 24.5. The van der Waals surface area contributed by atoms with E-state index >= 15 is 0 Å². The fourth-order valence-electron chi connectivity index (χ4n) is 11.0. The van der Waals surface area contributed by atoms with E-state index in [1.54, 1.807) is 0 Å². The van der Waals surface area contributed by atoms with Gasteiger partial charge in [-0.15, -0.1) is 0 Å². The number of allylic oxidation sites excluding steroid dienone is 4. The monoisotopic (exact) mass is 1110 g/mol. The average molecular weight is 1110 g/mol. The van der Waals surface area contributed by atoms with Crippen LogP contribution in [0.15, 0.2) is 24.3 Å². The van der Waals surface area contributed by atoms with Gasteiger partial charge in [0.05, 0.1) is 0 Å². The van der Waals surface area contributed by atoms with Crippen molar-refractivity contribution in [3.8, 4) is 0 Å². The first-order valence-electron chi connectivity index (χ1n) is 35.8. The largest absolute Gasteiger partial charge is 0.462 e. The summed E-state index contributed by atoms with van der Waals surface area (Å²) in [7, 11) is 0. The smallest absolute Gasteiger partial charge is 0.306 e. The molecule has 6 heteroatoms. The summed E-state index contributed by atoms with van der Waals surface area (Å²) in [6.45, 7) is 6.72. The lowest BCUT2D eigenvalue weighted by molar-refractivity contribution is -0.167. The first-order chi connectivity index (χ1) is 39.0. The molecule has 1 atom stereocenters. The standard InChI is InChI=1S/C73H138O6/c1-4-7-10-13-16-19-22-25-28-31-33-35-36-37-38-39-41-42-45-48-51-54-57-60-63-66-72(75)78-69-70(68-77-71(74)65-62-59-56-53-50-47-44-30-27-24-21-18-15-12-9-6-3)79-73(76)67-64-61-58-55-52-49-46-43-40-34-32-29-26-23-20-17-14-11-8-5-2/h30-31,33,44,70H,4-29,32,34-43,45-69H2,1-3H3/b33-31-,44-30-. The Labute approximate surface area is 493 Å². The van der Waals surface area contributed by atoms with Crippen LogP contribution in [-0.4, -0.2) is 37.2 Å². The number of unbranched alkanes of at least 4 members (excludes halogenated alkanes) is 52. The number of esters is 3. The van der Waals surface area contributed by atoms with Gasteiger partial charge in [-0.25, -0.2) is 0 Å². The molecule has 0 N–H and O–H groups in total. The molecule has 0 radical (unpaired) electrons. The lowest BCUT2D eigenvalue weighted by Gasteiger charge is -2.18. The molecule has 0 aliphatic heterocycles. The molecule has 0 heterocycles. The van der Waals surface area contributed by atoms with Crippen molar-refractivity contribution in [2.45, 2.75) is 412 Å². The van der Waals surface area contributed by atoms with E-state index in [0.717, 1.165) is 64.2 Å².